The van der Waals surface area contributed by atoms with Crippen molar-refractivity contribution in [3.63, 3.8) is 0 Å². The number of halogens is 2. The molecule has 2 atom stereocenters. The number of carbonyl (C=O) groups is 2. The lowest BCUT2D eigenvalue weighted by molar-refractivity contribution is -0.135. The lowest BCUT2D eigenvalue weighted by Gasteiger charge is -2.37. The van der Waals surface area contributed by atoms with E-state index in [4.69, 9.17) is 9.47 Å². The van der Waals surface area contributed by atoms with Crippen LogP contribution in [0.5, 0.6) is 5.75 Å². The SMILES string of the molecule is O=C(c1ccccc1F)N(CC(=O)N1CCc2sccc2[C@@H]1COc1ccccc1F)C[C@H]1CCCO1. The molecule has 37 heavy (non-hydrogen) atoms. The maximum absolute atomic E-state index is 14.5. The first-order chi connectivity index (χ1) is 18.0. The number of fused-ring (bicyclic) bond motifs is 1. The van der Waals surface area contributed by atoms with Gasteiger partial charge in [-0.1, -0.05) is 24.3 Å². The van der Waals surface area contributed by atoms with Crippen LogP contribution in [0.4, 0.5) is 8.78 Å². The molecule has 1 aromatic heterocycles. The van der Waals surface area contributed by atoms with Gasteiger partial charge in [0, 0.05) is 24.6 Å². The number of hydrogen-bond donors (Lipinski definition) is 0. The minimum Gasteiger partial charge on any atom is -0.488 e. The first kappa shape index (κ1) is 25.4. The Bertz CT molecular complexity index is 1260. The Morgan fingerprint density at radius 3 is 2.62 bits per heavy atom. The zero-order valence-corrected chi connectivity index (χ0v) is 21.1. The smallest absolute Gasteiger partial charge is 0.257 e. The highest BCUT2D eigenvalue weighted by atomic mass is 32.1. The van der Waals surface area contributed by atoms with Gasteiger partial charge in [-0.05, 0) is 60.5 Å². The molecule has 194 valence electrons. The molecule has 0 radical (unpaired) electrons. The minimum absolute atomic E-state index is 0.0728. The molecule has 0 unspecified atom stereocenters. The molecule has 2 amide bonds. The molecule has 9 heteroatoms. The summed E-state index contributed by atoms with van der Waals surface area (Å²) in [7, 11) is 0. The summed E-state index contributed by atoms with van der Waals surface area (Å²) in [6.45, 7) is 1.10. The Morgan fingerprint density at radius 1 is 1.08 bits per heavy atom. The number of carbonyl (C=O) groups excluding carboxylic acids is 2. The number of para-hydroxylation sites is 1. The Morgan fingerprint density at radius 2 is 1.86 bits per heavy atom. The van der Waals surface area contributed by atoms with Crippen LogP contribution in [0, 0.1) is 11.6 Å². The monoisotopic (exact) mass is 526 g/mol. The largest absolute Gasteiger partial charge is 0.488 e. The summed E-state index contributed by atoms with van der Waals surface area (Å²) in [5.74, 6) is -1.81. The highest BCUT2D eigenvalue weighted by Crippen LogP contribution is 2.34. The first-order valence-corrected chi connectivity index (χ1v) is 13.3. The van der Waals surface area contributed by atoms with Gasteiger partial charge >= 0.3 is 0 Å². The number of rotatable bonds is 8. The van der Waals surface area contributed by atoms with Crippen molar-refractivity contribution in [1.29, 1.82) is 0 Å². The summed E-state index contributed by atoms with van der Waals surface area (Å²) in [4.78, 5) is 31.3. The van der Waals surface area contributed by atoms with Crippen molar-refractivity contribution in [2.24, 2.45) is 0 Å². The van der Waals surface area contributed by atoms with E-state index in [1.165, 1.54) is 29.2 Å². The number of hydrogen-bond acceptors (Lipinski definition) is 5. The highest BCUT2D eigenvalue weighted by Gasteiger charge is 2.35. The molecule has 0 saturated carbocycles. The summed E-state index contributed by atoms with van der Waals surface area (Å²) in [6.07, 6.45) is 2.13. The number of benzene rings is 2. The van der Waals surface area contributed by atoms with Crippen LogP contribution in [-0.2, 0) is 16.0 Å². The normalized spacial score (nSPS) is 18.9. The van der Waals surface area contributed by atoms with Crippen molar-refractivity contribution in [1.82, 2.24) is 9.80 Å². The maximum Gasteiger partial charge on any atom is 0.257 e. The third kappa shape index (κ3) is 5.67. The molecule has 0 N–H and O–H groups in total. The third-order valence-electron chi connectivity index (χ3n) is 6.81. The van der Waals surface area contributed by atoms with Crippen molar-refractivity contribution in [3.05, 3.63) is 87.6 Å². The fourth-order valence-electron chi connectivity index (χ4n) is 4.92. The molecule has 3 heterocycles. The molecule has 2 aliphatic heterocycles. The van der Waals surface area contributed by atoms with Crippen LogP contribution < -0.4 is 4.74 Å². The summed E-state index contributed by atoms with van der Waals surface area (Å²) in [5, 5.41) is 1.97. The molecule has 1 saturated heterocycles. The quantitative estimate of drug-likeness (QED) is 0.421. The number of amides is 2. The summed E-state index contributed by atoms with van der Waals surface area (Å²) >= 11 is 1.62. The molecule has 0 aliphatic carbocycles. The van der Waals surface area contributed by atoms with Crippen LogP contribution in [0.3, 0.4) is 0 Å². The summed E-state index contributed by atoms with van der Waals surface area (Å²) < 4.78 is 40.2. The molecule has 2 aromatic carbocycles. The predicted octanol–water partition coefficient (Wildman–Crippen LogP) is 4.85. The van der Waals surface area contributed by atoms with Crippen molar-refractivity contribution in [2.45, 2.75) is 31.4 Å². The van der Waals surface area contributed by atoms with Gasteiger partial charge in [0.25, 0.3) is 5.91 Å². The zero-order valence-electron chi connectivity index (χ0n) is 20.3. The minimum atomic E-state index is -0.630. The van der Waals surface area contributed by atoms with Crippen LogP contribution in [0.15, 0.2) is 60.0 Å². The lowest BCUT2D eigenvalue weighted by atomic mass is 10.00. The molecule has 1 fully saturated rings. The Balaban J connectivity index is 1.37. The standard InChI is InChI=1S/C28H28F2N2O4S/c29-22-8-2-1-7-20(22)28(34)31(16-19-6-5-14-35-19)17-27(33)32-13-11-26-21(12-15-37-26)24(32)18-36-25-10-4-3-9-23(25)30/h1-4,7-10,12,15,19,24H,5-6,11,13-14,16-18H2/t19-,24+/m1/s1. The van der Waals surface area contributed by atoms with E-state index >= 15 is 0 Å². The van der Waals surface area contributed by atoms with Gasteiger partial charge < -0.3 is 19.3 Å². The van der Waals surface area contributed by atoms with E-state index in [1.54, 1.807) is 40.5 Å². The van der Waals surface area contributed by atoms with Gasteiger partial charge in [0.1, 0.15) is 19.0 Å². The lowest BCUT2D eigenvalue weighted by Crippen LogP contribution is -2.49. The molecule has 0 bridgehead atoms. The van der Waals surface area contributed by atoms with Crippen molar-refractivity contribution in [2.75, 3.05) is 32.8 Å². The van der Waals surface area contributed by atoms with Crippen LogP contribution >= 0.6 is 11.3 Å². The van der Waals surface area contributed by atoms with E-state index < -0.39 is 23.6 Å². The Hall–Kier alpha value is -3.30. The van der Waals surface area contributed by atoms with Crippen molar-refractivity contribution >= 4 is 23.2 Å². The van der Waals surface area contributed by atoms with Gasteiger partial charge in [0.15, 0.2) is 11.6 Å². The molecule has 0 spiro atoms. The molecule has 2 aliphatic rings. The number of nitrogens with zero attached hydrogens (tertiary/aromatic N) is 2. The van der Waals surface area contributed by atoms with Gasteiger partial charge in [-0.25, -0.2) is 8.78 Å². The molecule has 3 aromatic rings. The highest BCUT2D eigenvalue weighted by molar-refractivity contribution is 7.10. The topological polar surface area (TPSA) is 59.1 Å². The van der Waals surface area contributed by atoms with Crippen LogP contribution in [0.25, 0.3) is 0 Å². The molecule has 5 rings (SSSR count). The summed E-state index contributed by atoms with van der Waals surface area (Å²) in [6, 6.07) is 13.5. The van der Waals surface area contributed by atoms with E-state index in [1.807, 2.05) is 11.4 Å². The van der Waals surface area contributed by atoms with E-state index in [-0.39, 0.29) is 43.0 Å². The zero-order chi connectivity index (χ0) is 25.8. The van der Waals surface area contributed by atoms with Crippen molar-refractivity contribution in [3.8, 4) is 5.75 Å². The van der Waals surface area contributed by atoms with Gasteiger partial charge in [0.05, 0.1) is 17.7 Å². The van der Waals surface area contributed by atoms with Gasteiger partial charge in [-0.2, -0.15) is 0 Å². The van der Waals surface area contributed by atoms with E-state index in [2.05, 4.69) is 0 Å². The molecule has 6 nitrogen and oxygen atoms in total. The Kier molecular flexibility index (Phi) is 7.81. The Labute approximate surface area is 218 Å². The number of ether oxygens (including phenoxy) is 2. The van der Waals surface area contributed by atoms with Gasteiger partial charge in [-0.3, -0.25) is 9.59 Å². The summed E-state index contributed by atoms with van der Waals surface area (Å²) in [5.41, 5.74) is 0.888. The van der Waals surface area contributed by atoms with E-state index in [9.17, 15) is 18.4 Å². The fraction of sp³-hybridized carbons (Fsp3) is 0.357. The second-order valence-corrected chi connectivity index (χ2v) is 10.2. The maximum atomic E-state index is 14.5. The fourth-order valence-corrected chi connectivity index (χ4v) is 5.85. The van der Waals surface area contributed by atoms with Gasteiger partial charge in [-0.15, -0.1) is 11.3 Å². The molecular weight excluding hydrogens is 498 g/mol. The average Bonchev–Trinajstić information content (AvgIpc) is 3.60. The van der Waals surface area contributed by atoms with Crippen LogP contribution in [0.2, 0.25) is 0 Å². The number of thiophene rings is 1. The second-order valence-electron chi connectivity index (χ2n) is 9.19. The third-order valence-corrected chi connectivity index (χ3v) is 7.81. The first-order valence-electron chi connectivity index (χ1n) is 12.4. The van der Waals surface area contributed by atoms with Gasteiger partial charge in [0.2, 0.25) is 5.91 Å². The van der Waals surface area contributed by atoms with Crippen molar-refractivity contribution < 1.29 is 27.8 Å². The van der Waals surface area contributed by atoms with Crippen LogP contribution in [0.1, 0.15) is 39.7 Å². The van der Waals surface area contributed by atoms with Crippen LogP contribution in [-0.4, -0.2) is 60.6 Å². The van der Waals surface area contributed by atoms with E-state index in [0.717, 1.165) is 23.3 Å². The average molecular weight is 527 g/mol. The predicted molar refractivity (Wildman–Crippen MR) is 136 cm³/mol. The molecular formula is C28H28F2N2O4S. The van der Waals surface area contributed by atoms with E-state index in [0.29, 0.717) is 19.6 Å². The second kappa shape index (κ2) is 11.4.